The van der Waals surface area contributed by atoms with Crippen molar-refractivity contribution in [2.24, 2.45) is 5.41 Å². The van der Waals surface area contributed by atoms with Crippen molar-refractivity contribution >= 4 is 5.97 Å². The van der Waals surface area contributed by atoms with E-state index in [1.54, 1.807) is 7.11 Å². The number of aliphatic carboxylic acids is 1. The maximum Gasteiger partial charge on any atom is 0.320 e. The summed E-state index contributed by atoms with van der Waals surface area (Å²) in [7, 11) is 1.68. The molecule has 0 aromatic carbocycles. The molecule has 1 unspecified atom stereocenters. The van der Waals surface area contributed by atoms with E-state index in [1.807, 2.05) is 6.92 Å². The van der Waals surface area contributed by atoms with Crippen LogP contribution in [0.2, 0.25) is 0 Å². The van der Waals surface area contributed by atoms with Crippen LogP contribution in [0, 0.1) is 5.41 Å². The fourth-order valence-electron chi connectivity index (χ4n) is 1.47. The predicted octanol–water partition coefficient (Wildman–Crippen LogP) is 1.89. The van der Waals surface area contributed by atoms with Gasteiger partial charge in [-0.05, 0) is 18.3 Å². The lowest BCUT2D eigenvalue weighted by atomic mass is 9.89. The van der Waals surface area contributed by atoms with Gasteiger partial charge in [-0.2, -0.15) is 0 Å². The molecule has 0 aliphatic heterocycles. The minimum atomic E-state index is -0.760. The summed E-state index contributed by atoms with van der Waals surface area (Å²) >= 11 is 0. The van der Waals surface area contributed by atoms with Crippen LogP contribution in [0.15, 0.2) is 0 Å². The highest BCUT2D eigenvalue weighted by Crippen LogP contribution is 2.19. The molecule has 0 aliphatic carbocycles. The molecule has 0 aromatic heterocycles. The van der Waals surface area contributed by atoms with Gasteiger partial charge in [0.15, 0.2) is 0 Å². The van der Waals surface area contributed by atoms with Crippen LogP contribution in [0.25, 0.3) is 0 Å². The Labute approximate surface area is 98.4 Å². The van der Waals surface area contributed by atoms with Gasteiger partial charge in [0.25, 0.3) is 0 Å². The second-order valence-corrected chi connectivity index (χ2v) is 4.97. The van der Waals surface area contributed by atoms with E-state index in [2.05, 4.69) is 19.2 Å². The molecule has 0 heterocycles. The van der Waals surface area contributed by atoms with E-state index in [1.165, 1.54) is 0 Å². The number of hydrogen-bond acceptors (Lipinski definition) is 3. The Morgan fingerprint density at radius 3 is 2.56 bits per heavy atom. The third-order valence-electron chi connectivity index (χ3n) is 2.69. The van der Waals surface area contributed by atoms with Crippen molar-refractivity contribution in [3.8, 4) is 0 Å². The molecule has 0 aliphatic rings. The fourth-order valence-corrected chi connectivity index (χ4v) is 1.47. The standard InChI is InChI=1S/C12H25NO3/c1-5-6-10(11(14)15)13-9-12(2,3)7-8-16-4/h10,13H,5-9H2,1-4H3,(H,14,15). The van der Waals surface area contributed by atoms with Crippen LogP contribution in [-0.2, 0) is 9.53 Å². The van der Waals surface area contributed by atoms with Gasteiger partial charge >= 0.3 is 5.97 Å². The number of nitrogens with one attached hydrogen (secondary N) is 1. The van der Waals surface area contributed by atoms with E-state index in [9.17, 15) is 4.79 Å². The van der Waals surface area contributed by atoms with Crippen LogP contribution >= 0.6 is 0 Å². The number of carboxylic acid groups (broad SMARTS) is 1. The molecule has 0 bridgehead atoms. The Hall–Kier alpha value is -0.610. The van der Waals surface area contributed by atoms with Crippen LogP contribution < -0.4 is 5.32 Å². The van der Waals surface area contributed by atoms with Crippen molar-refractivity contribution in [1.29, 1.82) is 0 Å². The first-order chi connectivity index (χ1) is 7.43. The molecule has 0 saturated heterocycles. The average molecular weight is 231 g/mol. The van der Waals surface area contributed by atoms with Crippen molar-refractivity contribution in [3.05, 3.63) is 0 Å². The van der Waals surface area contributed by atoms with Gasteiger partial charge in [0.05, 0.1) is 0 Å². The molecular weight excluding hydrogens is 206 g/mol. The molecule has 0 aromatic rings. The molecule has 4 nitrogen and oxygen atoms in total. The summed E-state index contributed by atoms with van der Waals surface area (Å²) < 4.78 is 5.04. The molecule has 0 spiro atoms. The second-order valence-electron chi connectivity index (χ2n) is 4.97. The molecule has 16 heavy (non-hydrogen) atoms. The molecule has 2 N–H and O–H groups in total. The third kappa shape index (κ3) is 6.80. The molecule has 96 valence electrons. The predicted molar refractivity (Wildman–Crippen MR) is 64.6 cm³/mol. The number of hydrogen-bond donors (Lipinski definition) is 2. The Bertz CT molecular complexity index is 204. The summed E-state index contributed by atoms with van der Waals surface area (Å²) in [5.41, 5.74) is 0.0669. The molecule has 0 radical (unpaired) electrons. The van der Waals surface area contributed by atoms with Crippen LogP contribution in [0.1, 0.15) is 40.0 Å². The van der Waals surface area contributed by atoms with Crippen LogP contribution in [0.3, 0.4) is 0 Å². The summed E-state index contributed by atoms with van der Waals surface area (Å²) in [6.07, 6.45) is 2.48. The van der Waals surface area contributed by atoms with Gasteiger partial charge < -0.3 is 15.2 Å². The topological polar surface area (TPSA) is 58.6 Å². The van der Waals surface area contributed by atoms with Crippen LogP contribution in [-0.4, -0.2) is 37.4 Å². The van der Waals surface area contributed by atoms with Gasteiger partial charge in [0.1, 0.15) is 6.04 Å². The van der Waals surface area contributed by atoms with E-state index in [-0.39, 0.29) is 5.41 Å². The lowest BCUT2D eigenvalue weighted by Crippen LogP contribution is -2.42. The summed E-state index contributed by atoms with van der Waals surface area (Å²) in [5, 5.41) is 12.1. The van der Waals surface area contributed by atoms with Gasteiger partial charge in [0.2, 0.25) is 0 Å². The maximum absolute atomic E-state index is 10.9. The van der Waals surface area contributed by atoms with Crippen molar-refractivity contribution < 1.29 is 14.6 Å². The molecule has 0 amide bonds. The summed E-state index contributed by atoms with van der Waals surface area (Å²) in [4.78, 5) is 10.9. The Kier molecular flexibility index (Phi) is 7.34. The quantitative estimate of drug-likeness (QED) is 0.636. The van der Waals surface area contributed by atoms with E-state index < -0.39 is 12.0 Å². The molecular formula is C12H25NO3. The van der Waals surface area contributed by atoms with E-state index >= 15 is 0 Å². The number of ether oxygens (including phenoxy) is 1. The third-order valence-corrected chi connectivity index (χ3v) is 2.69. The van der Waals surface area contributed by atoms with E-state index in [0.29, 0.717) is 19.6 Å². The summed E-state index contributed by atoms with van der Waals surface area (Å²) in [5.74, 6) is -0.760. The lowest BCUT2D eigenvalue weighted by Gasteiger charge is -2.26. The van der Waals surface area contributed by atoms with Gasteiger partial charge in [0, 0.05) is 20.3 Å². The van der Waals surface area contributed by atoms with Crippen LogP contribution in [0.5, 0.6) is 0 Å². The SMILES string of the molecule is CCCC(NCC(C)(C)CCOC)C(=O)O. The van der Waals surface area contributed by atoms with Crippen molar-refractivity contribution in [2.75, 3.05) is 20.3 Å². The van der Waals surface area contributed by atoms with Crippen molar-refractivity contribution in [3.63, 3.8) is 0 Å². The molecule has 0 rings (SSSR count). The fraction of sp³-hybridized carbons (Fsp3) is 0.917. The zero-order valence-corrected chi connectivity index (χ0v) is 10.9. The van der Waals surface area contributed by atoms with Gasteiger partial charge in [-0.3, -0.25) is 4.79 Å². The van der Waals surface area contributed by atoms with Crippen molar-refractivity contribution in [2.45, 2.75) is 46.1 Å². The highest BCUT2D eigenvalue weighted by Gasteiger charge is 2.22. The van der Waals surface area contributed by atoms with Crippen LogP contribution in [0.4, 0.5) is 0 Å². The van der Waals surface area contributed by atoms with Gasteiger partial charge in [-0.25, -0.2) is 0 Å². The maximum atomic E-state index is 10.9. The summed E-state index contributed by atoms with van der Waals surface area (Å²) in [6, 6.07) is -0.424. The number of carboxylic acids is 1. The number of carbonyl (C=O) groups is 1. The Morgan fingerprint density at radius 1 is 1.50 bits per heavy atom. The number of methoxy groups -OCH3 is 1. The first kappa shape index (κ1) is 15.4. The monoisotopic (exact) mass is 231 g/mol. The highest BCUT2D eigenvalue weighted by atomic mass is 16.5. The average Bonchev–Trinajstić information content (AvgIpc) is 2.21. The molecule has 1 atom stereocenters. The van der Waals surface area contributed by atoms with Gasteiger partial charge in [-0.15, -0.1) is 0 Å². The van der Waals surface area contributed by atoms with Crippen molar-refractivity contribution in [1.82, 2.24) is 5.32 Å². The first-order valence-electron chi connectivity index (χ1n) is 5.88. The zero-order valence-electron chi connectivity index (χ0n) is 10.9. The molecule has 4 heteroatoms. The zero-order chi connectivity index (χ0) is 12.6. The minimum Gasteiger partial charge on any atom is -0.480 e. The summed E-state index contributed by atoms with van der Waals surface area (Å²) in [6.45, 7) is 7.63. The van der Waals surface area contributed by atoms with E-state index in [0.717, 1.165) is 12.8 Å². The second kappa shape index (κ2) is 7.63. The van der Waals surface area contributed by atoms with E-state index in [4.69, 9.17) is 9.84 Å². The minimum absolute atomic E-state index is 0.0669. The lowest BCUT2D eigenvalue weighted by molar-refractivity contribution is -0.139. The molecule has 0 fully saturated rings. The highest BCUT2D eigenvalue weighted by molar-refractivity contribution is 5.73. The number of rotatable bonds is 9. The Balaban J connectivity index is 4.02. The first-order valence-corrected chi connectivity index (χ1v) is 5.88. The molecule has 0 saturated carbocycles. The van der Waals surface area contributed by atoms with Gasteiger partial charge in [-0.1, -0.05) is 27.2 Å². The normalized spacial score (nSPS) is 13.8. The largest absolute Gasteiger partial charge is 0.480 e. The Morgan fingerprint density at radius 2 is 2.12 bits per heavy atom. The smallest absolute Gasteiger partial charge is 0.320 e.